The van der Waals surface area contributed by atoms with Crippen LogP contribution in [0.1, 0.15) is 36.2 Å². The summed E-state index contributed by atoms with van der Waals surface area (Å²) in [6.45, 7) is 5.24. The predicted octanol–water partition coefficient (Wildman–Crippen LogP) is 4.57. The highest BCUT2D eigenvalue weighted by Gasteiger charge is 2.26. The first-order valence-corrected chi connectivity index (χ1v) is 9.48. The van der Waals surface area contributed by atoms with Crippen LogP contribution in [0.5, 0.6) is 11.5 Å². The van der Waals surface area contributed by atoms with Crippen LogP contribution in [0.3, 0.4) is 0 Å². The zero-order valence-corrected chi connectivity index (χ0v) is 16.4. The molecule has 0 heterocycles. The highest BCUT2D eigenvalue weighted by atomic mass is 32.2. The molecule has 1 atom stereocenters. The molecule has 0 aliphatic heterocycles. The Morgan fingerprint density at radius 1 is 0.963 bits per heavy atom. The molecule has 0 aliphatic rings. The molecule has 2 aromatic carbocycles. The Balaban J connectivity index is 2.03. The Morgan fingerprint density at radius 2 is 1.52 bits per heavy atom. The monoisotopic (exact) mass is 386 g/mol. The van der Waals surface area contributed by atoms with Crippen molar-refractivity contribution >= 4 is 28.6 Å². The lowest BCUT2D eigenvalue weighted by molar-refractivity contribution is -0.142. The third-order valence-electron chi connectivity index (χ3n) is 3.66. The summed E-state index contributed by atoms with van der Waals surface area (Å²) >= 11 is 0.818. The molecule has 142 valence electrons. The second-order valence-corrected chi connectivity index (χ2v) is 7.30. The van der Waals surface area contributed by atoms with E-state index in [-0.39, 0.29) is 23.9 Å². The van der Waals surface area contributed by atoms with E-state index in [1.807, 2.05) is 31.2 Å². The molecule has 0 saturated carbocycles. The van der Waals surface area contributed by atoms with Crippen LogP contribution in [0.2, 0.25) is 0 Å². The van der Waals surface area contributed by atoms with E-state index in [4.69, 9.17) is 9.47 Å². The van der Waals surface area contributed by atoms with Gasteiger partial charge in [-0.25, -0.2) is 0 Å². The van der Waals surface area contributed by atoms with Gasteiger partial charge in [0.1, 0.15) is 16.7 Å². The second-order valence-electron chi connectivity index (χ2n) is 5.92. The quantitative estimate of drug-likeness (QED) is 0.489. The molecule has 0 fully saturated rings. The number of carbonyl (C=O) groups excluding carboxylic acids is 3. The van der Waals surface area contributed by atoms with Crippen LogP contribution >= 0.6 is 11.8 Å². The van der Waals surface area contributed by atoms with Crippen LogP contribution in [-0.4, -0.2) is 28.7 Å². The minimum Gasteiger partial charge on any atom is -0.465 e. The number of Topliss-reactive ketones (excluding diaryl/α,β-unsaturated/α-hetero) is 1. The first kappa shape index (κ1) is 20.7. The Morgan fingerprint density at radius 3 is 2.04 bits per heavy atom. The predicted molar refractivity (Wildman–Crippen MR) is 105 cm³/mol. The Bertz CT molecular complexity index is 796. The molecule has 0 aromatic heterocycles. The molecule has 6 heteroatoms. The highest BCUT2D eigenvalue weighted by Crippen LogP contribution is 2.24. The third-order valence-corrected chi connectivity index (χ3v) is 4.64. The Kier molecular flexibility index (Phi) is 7.61. The summed E-state index contributed by atoms with van der Waals surface area (Å²) in [5.74, 6) is 0.532. The van der Waals surface area contributed by atoms with Gasteiger partial charge in [0.05, 0.1) is 6.61 Å². The molecule has 5 nitrogen and oxygen atoms in total. The lowest BCUT2D eigenvalue weighted by Crippen LogP contribution is -2.24. The van der Waals surface area contributed by atoms with Gasteiger partial charge in [0.15, 0.2) is 10.9 Å². The minimum absolute atomic E-state index is 0.0960. The standard InChI is InChI=1S/C21H22O5S/c1-4-25-21(24)20(27-15(3)22)13-19(23)16-7-11-18(12-8-16)26-17-9-5-14(2)6-10-17/h5-12,20H,4,13H2,1-3H3. The number of carbonyl (C=O) groups is 3. The van der Waals surface area contributed by atoms with Crippen molar-refractivity contribution in [2.45, 2.75) is 32.4 Å². The van der Waals surface area contributed by atoms with Crippen molar-refractivity contribution in [1.82, 2.24) is 0 Å². The van der Waals surface area contributed by atoms with Crippen LogP contribution in [0.4, 0.5) is 0 Å². The van der Waals surface area contributed by atoms with E-state index in [0.717, 1.165) is 17.3 Å². The lowest BCUT2D eigenvalue weighted by Gasteiger charge is -2.13. The average molecular weight is 386 g/mol. The van der Waals surface area contributed by atoms with E-state index in [1.54, 1.807) is 31.2 Å². The van der Waals surface area contributed by atoms with Crippen LogP contribution in [0, 0.1) is 6.92 Å². The van der Waals surface area contributed by atoms with Gasteiger partial charge in [-0.1, -0.05) is 29.5 Å². The molecule has 0 amide bonds. The summed E-state index contributed by atoms with van der Waals surface area (Å²) < 4.78 is 10.7. The number of ketones is 1. The first-order valence-electron chi connectivity index (χ1n) is 8.60. The number of aryl methyl sites for hydroxylation is 1. The van der Waals surface area contributed by atoms with Gasteiger partial charge in [0, 0.05) is 18.9 Å². The van der Waals surface area contributed by atoms with Gasteiger partial charge in [-0.15, -0.1) is 0 Å². The molecule has 0 N–H and O–H groups in total. The molecule has 27 heavy (non-hydrogen) atoms. The molecule has 0 radical (unpaired) electrons. The molecule has 0 saturated heterocycles. The van der Waals surface area contributed by atoms with Gasteiger partial charge in [0.2, 0.25) is 0 Å². The van der Waals surface area contributed by atoms with Crippen molar-refractivity contribution in [3.8, 4) is 11.5 Å². The van der Waals surface area contributed by atoms with Gasteiger partial charge in [-0.3, -0.25) is 14.4 Å². The normalized spacial score (nSPS) is 11.5. The number of hydrogen-bond acceptors (Lipinski definition) is 6. The van der Waals surface area contributed by atoms with E-state index < -0.39 is 11.2 Å². The van der Waals surface area contributed by atoms with E-state index in [2.05, 4.69) is 0 Å². The highest BCUT2D eigenvalue weighted by molar-refractivity contribution is 8.14. The SMILES string of the molecule is CCOC(=O)C(CC(=O)c1ccc(Oc2ccc(C)cc2)cc1)SC(C)=O. The van der Waals surface area contributed by atoms with Crippen LogP contribution in [0.15, 0.2) is 48.5 Å². The molecular formula is C21H22O5S. The fourth-order valence-corrected chi connectivity index (χ4v) is 3.15. The zero-order valence-electron chi connectivity index (χ0n) is 15.6. The molecular weight excluding hydrogens is 364 g/mol. The maximum atomic E-state index is 12.5. The topological polar surface area (TPSA) is 69.7 Å². The number of ether oxygens (including phenoxy) is 2. The second kappa shape index (κ2) is 9.92. The van der Waals surface area contributed by atoms with Crippen LogP contribution < -0.4 is 4.74 Å². The summed E-state index contributed by atoms with van der Waals surface area (Å²) in [4.78, 5) is 35.8. The molecule has 0 aliphatic carbocycles. The smallest absolute Gasteiger partial charge is 0.319 e. The first-order chi connectivity index (χ1) is 12.9. The lowest BCUT2D eigenvalue weighted by atomic mass is 10.1. The van der Waals surface area contributed by atoms with E-state index in [9.17, 15) is 14.4 Å². The zero-order chi connectivity index (χ0) is 19.8. The maximum absolute atomic E-state index is 12.5. The van der Waals surface area contributed by atoms with Gasteiger partial charge >= 0.3 is 5.97 Å². The van der Waals surface area contributed by atoms with E-state index in [1.165, 1.54) is 6.92 Å². The number of rotatable bonds is 8. The van der Waals surface area contributed by atoms with Gasteiger partial charge in [-0.05, 0) is 50.2 Å². The van der Waals surface area contributed by atoms with Crippen molar-refractivity contribution in [3.05, 3.63) is 59.7 Å². The average Bonchev–Trinajstić information content (AvgIpc) is 2.63. The van der Waals surface area contributed by atoms with Crippen LogP contribution in [-0.2, 0) is 14.3 Å². The largest absolute Gasteiger partial charge is 0.465 e. The molecule has 0 spiro atoms. The number of benzene rings is 2. The molecule has 2 rings (SSSR count). The summed E-state index contributed by atoms with van der Waals surface area (Å²) in [5, 5.41) is -1.07. The van der Waals surface area contributed by atoms with Crippen LogP contribution in [0.25, 0.3) is 0 Å². The number of esters is 1. The maximum Gasteiger partial charge on any atom is 0.319 e. The van der Waals surface area contributed by atoms with Crippen molar-refractivity contribution < 1.29 is 23.9 Å². The van der Waals surface area contributed by atoms with Crippen molar-refractivity contribution in [2.75, 3.05) is 6.61 Å². The summed E-state index contributed by atoms with van der Waals surface area (Å²) in [7, 11) is 0. The van der Waals surface area contributed by atoms with Crippen molar-refractivity contribution in [3.63, 3.8) is 0 Å². The van der Waals surface area contributed by atoms with E-state index >= 15 is 0 Å². The number of hydrogen-bond donors (Lipinski definition) is 0. The molecule has 1 unspecified atom stereocenters. The summed E-state index contributed by atoms with van der Waals surface area (Å²) in [6, 6.07) is 14.3. The van der Waals surface area contributed by atoms with E-state index in [0.29, 0.717) is 17.1 Å². The number of thioether (sulfide) groups is 1. The van der Waals surface area contributed by atoms with Gasteiger partial charge in [-0.2, -0.15) is 0 Å². The van der Waals surface area contributed by atoms with Gasteiger partial charge < -0.3 is 9.47 Å². The Labute approximate surface area is 163 Å². The summed E-state index contributed by atoms with van der Waals surface area (Å²) in [5.41, 5.74) is 1.59. The summed E-state index contributed by atoms with van der Waals surface area (Å²) in [6.07, 6.45) is -0.0960. The third kappa shape index (κ3) is 6.57. The van der Waals surface area contributed by atoms with Crippen molar-refractivity contribution in [1.29, 1.82) is 0 Å². The van der Waals surface area contributed by atoms with Crippen molar-refractivity contribution in [2.24, 2.45) is 0 Å². The van der Waals surface area contributed by atoms with Gasteiger partial charge in [0.25, 0.3) is 0 Å². The fourth-order valence-electron chi connectivity index (χ4n) is 2.35. The molecule has 0 bridgehead atoms. The Hall–Kier alpha value is -2.60. The fraction of sp³-hybridized carbons (Fsp3) is 0.286. The minimum atomic E-state index is -0.835. The molecule has 2 aromatic rings.